The lowest BCUT2D eigenvalue weighted by molar-refractivity contribution is 0.100. The highest BCUT2D eigenvalue weighted by Gasteiger charge is 2.34. The average molecular weight is 452 g/mol. The number of fused-ring (bicyclic) bond motifs is 1. The number of carbonyl (C=O) groups is 1. The zero-order valence-electron chi connectivity index (χ0n) is 18.7. The molecule has 1 saturated carbocycles. The molecule has 2 aromatic rings. The van der Waals surface area contributed by atoms with E-state index in [-0.39, 0.29) is 11.4 Å². The predicted molar refractivity (Wildman–Crippen MR) is 129 cm³/mol. The van der Waals surface area contributed by atoms with Gasteiger partial charge in [0, 0.05) is 34.7 Å². The molecule has 0 aromatic heterocycles. The highest BCUT2D eigenvalue weighted by Crippen LogP contribution is 2.43. The molecule has 3 N–H and O–H groups in total. The summed E-state index contributed by atoms with van der Waals surface area (Å²) in [6.45, 7) is 4.03. The molecular weight excluding hydrogens is 422 g/mol. The maximum atomic E-state index is 12.7. The molecule has 0 saturated heterocycles. The standard InChI is InChI=1S/C25H29N3O3S/c1-25(2)15-20-21(30-17-7-9-19(10-8-17)32-18-5-4-6-18)13-16(14-22(20)31-25)24(29)28-23(26)11-12-27-3/h7-14,18,27H,4-6,15H2,1-3H3,(H2,26,28,29)/b12-11-. The van der Waals surface area contributed by atoms with Gasteiger partial charge in [-0.25, -0.2) is 0 Å². The molecule has 0 radical (unpaired) electrons. The maximum absolute atomic E-state index is 12.7. The minimum Gasteiger partial charge on any atom is -0.487 e. The second kappa shape index (κ2) is 9.28. The van der Waals surface area contributed by atoms with Crippen LogP contribution in [0, 0.1) is 0 Å². The Kier molecular flexibility index (Phi) is 6.46. The van der Waals surface area contributed by atoms with Crippen molar-refractivity contribution in [2.75, 3.05) is 7.05 Å². The fourth-order valence-corrected chi connectivity index (χ4v) is 4.89. The number of rotatable bonds is 7. The van der Waals surface area contributed by atoms with Crippen molar-refractivity contribution in [3.8, 4) is 17.2 Å². The van der Waals surface area contributed by atoms with Crippen LogP contribution >= 0.6 is 11.8 Å². The Bertz CT molecular complexity index is 1060. The van der Waals surface area contributed by atoms with Gasteiger partial charge in [-0.1, -0.05) is 6.42 Å². The van der Waals surface area contributed by atoms with Gasteiger partial charge >= 0.3 is 0 Å². The van der Waals surface area contributed by atoms with E-state index in [4.69, 9.17) is 15.2 Å². The first-order chi connectivity index (χ1) is 15.3. The number of hydrogen-bond donors (Lipinski definition) is 2. The molecule has 1 aliphatic carbocycles. The van der Waals surface area contributed by atoms with Gasteiger partial charge in [0.2, 0.25) is 0 Å². The van der Waals surface area contributed by atoms with Crippen LogP contribution in [0.3, 0.4) is 0 Å². The van der Waals surface area contributed by atoms with E-state index in [9.17, 15) is 4.79 Å². The summed E-state index contributed by atoms with van der Waals surface area (Å²) in [5.74, 6) is 1.65. The number of nitrogens with two attached hydrogens (primary N) is 1. The molecule has 1 aliphatic heterocycles. The van der Waals surface area contributed by atoms with Crippen LogP contribution in [-0.4, -0.2) is 29.6 Å². The highest BCUT2D eigenvalue weighted by molar-refractivity contribution is 8.00. The van der Waals surface area contributed by atoms with E-state index < -0.39 is 5.91 Å². The van der Waals surface area contributed by atoms with E-state index in [1.54, 1.807) is 25.4 Å². The fourth-order valence-electron chi connectivity index (χ4n) is 3.64. The molecule has 6 nitrogen and oxygen atoms in total. The Morgan fingerprint density at radius 2 is 2.03 bits per heavy atom. The molecular formula is C25H29N3O3S. The molecule has 1 amide bonds. The van der Waals surface area contributed by atoms with Gasteiger partial charge in [0.05, 0.1) is 0 Å². The van der Waals surface area contributed by atoms with Crippen molar-refractivity contribution >= 4 is 23.5 Å². The van der Waals surface area contributed by atoms with Crippen LogP contribution in [0.5, 0.6) is 17.2 Å². The van der Waals surface area contributed by atoms with Crippen LogP contribution < -0.4 is 20.5 Å². The van der Waals surface area contributed by atoms with Crippen LogP contribution in [0.4, 0.5) is 0 Å². The summed E-state index contributed by atoms with van der Waals surface area (Å²) in [5.41, 5.74) is 6.76. The number of aliphatic imine (C=N–C) groups is 1. The van der Waals surface area contributed by atoms with Gasteiger partial charge in [0.25, 0.3) is 5.91 Å². The molecule has 2 aromatic carbocycles. The second-order valence-electron chi connectivity index (χ2n) is 8.70. The summed E-state index contributed by atoms with van der Waals surface area (Å²) in [7, 11) is 1.74. The first-order valence-corrected chi connectivity index (χ1v) is 11.7. The predicted octanol–water partition coefficient (Wildman–Crippen LogP) is 5.07. The van der Waals surface area contributed by atoms with Gasteiger partial charge in [-0.2, -0.15) is 4.99 Å². The number of thioether (sulfide) groups is 1. The number of amidine groups is 1. The third kappa shape index (κ3) is 5.27. The number of amides is 1. The van der Waals surface area contributed by atoms with Gasteiger partial charge in [-0.15, -0.1) is 11.8 Å². The number of hydrogen-bond acceptors (Lipinski definition) is 5. The van der Waals surface area contributed by atoms with E-state index in [1.165, 1.54) is 30.2 Å². The van der Waals surface area contributed by atoms with Crippen LogP contribution in [-0.2, 0) is 6.42 Å². The summed E-state index contributed by atoms with van der Waals surface area (Å²) >= 11 is 1.93. The van der Waals surface area contributed by atoms with Gasteiger partial charge in [0.15, 0.2) is 0 Å². The summed E-state index contributed by atoms with van der Waals surface area (Å²) in [6, 6.07) is 11.6. The molecule has 0 unspecified atom stereocenters. The van der Waals surface area contributed by atoms with E-state index in [0.717, 1.165) is 16.6 Å². The first-order valence-electron chi connectivity index (χ1n) is 10.9. The average Bonchev–Trinajstić information content (AvgIpc) is 3.04. The molecule has 0 atom stereocenters. The Labute approximate surface area is 193 Å². The van der Waals surface area contributed by atoms with Crippen LogP contribution in [0.1, 0.15) is 49.0 Å². The molecule has 0 bridgehead atoms. The highest BCUT2D eigenvalue weighted by atomic mass is 32.2. The molecule has 4 rings (SSSR count). The monoisotopic (exact) mass is 451 g/mol. The summed E-state index contributed by atoms with van der Waals surface area (Å²) in [5, 5.41) is 3.56. The van der Waals surface area contributed by atoms with E-state index in [0.29, 0.717) is 23.5 Å². The van der Waals surface area contributed by atoms with Gasteiger partial charge in [0.1, 0.15) is 28.7 Å². The van der Waals surface area contributed by atoms with Crippen molar-refractivity contribution in [2.24, 2.45) is 10.7 Å². The molecule has 168 valence electrons. The quantitative estimate of drug-likeness (QED) is 0.452. The minimum atomic E-state index is -0.448. The lowest BCUT2D eigenvalue weighted by Gasteiger charge is -2.24. The third-order valence-corrected chi connectivity index (χ3v) is 6.81. The van der Waals surface area contributed by atoms with Gasteiger partial charge in [-0.3, -0.25) is 4.79 Å². The third-order valence-electron chi connectivity index (χ3n) is 5.46. The van der Waals surface area contributed by atoms with Crippen molar-refractivity contribution in [3.05, 3.63) is 59.8 Å². The Morgan fingerprint density at radius 3 is 2.69 bits per heavy atom. The van der Waals surface area contributed by atoms with Crippen molar-refractivity contribution in [1.82, 2.24) is 5.32 Å². The Hall–Kier alpha value is -2.93. The number of ether oxygens (including phenoxy) is 2. The lowest BCUT2D eigenvalue weighted by atomic mass is 9.99. The molecule has 1 heterocycles. The first kappa shape index (κ1) is 22.3. The van der Waals surface area contributed by atoms with E-state index in [1.807, 2.05) is 37.7 Å². The number of nitrogens with zero attached hydrogens (tertiary/aromatic N) is 1. The van der Waals surface area contributed by atoms with Gasteiger partial charge in [-0.05, 0) is 75.4 Å². The Morgan fingerprint density at radius 1 is 1.28 bits per heavy atom. The summed E-state index contributed by atoms with van der Waals surface area (Å²) < 4.78 is 12.3. The van der Waals surface area contributed by atoms with Crippen molar-refractivity contribution in [2.45, 2.75) is 55.3 Å². The van der Waals surface area contributed by atoms with Gasteiger partial charge < -0.3 is 20.5 Å². The maximum Gasteiger partial charge on any atom is 0.279 e. The number of benzene rings is 2. The van der Waals surface area contributed by atoms with Crippen molar-refractivity contribution in [3.63, 3.8) is 0 Å². The van der Waals surface area contributed by atoms with Crippen molar-refractivity contribution < 1.29 is 14.3 Å². The summed E-state index contributed by atoms with van der Waals surface area (Å²) in [6.07, 6.45) is 7.76. The normalized spacial score (nSPS) is 17.5. The second-order valence-corrected chi connectivity index (χ2v) is 10.1. The summed E-state index contributed by atoms with van der Waals surface area (Å²) in [4.78, 5) is 17.9. The van der Waals surface area contributed by atoms with Crippen LogP contribution in [0.2, 0.25) is 0 Å². The number of nitrogens with one attached hydrogen (secondary N) is 1. The largest absolute Gasteiger partial charge is 0.487 e. The molecule has 0 spiro atoms. The smallest absolute Gasteiger partial charge is 0.279 e. The Balaban J connectivity index is 1.59. The van der Waals surface area contributed by atoms with Crippen LogP contribution in [0.15, 0.2) is 58.6 Å². The lowest BCUT2D eigenvalue weighted by Crippen LogP contribution is -2.24. The fraction of sp³-hybridized carbons (Fsp3) is 0.360. The minimum absolute atomic E-state index is 0.119. The zero-order chi connectivity index (χ0) is 22.7. The van der Waals surface area contributed by atoms with E-state index >= 15 is 0 Å². The molecule has 1 fully saturated rings. The number of carbonyl (C=O) groups excluding carboxylic acids is 1. The zero-order valence-corrected chi connectivity index (χ0v) is 19.5. The van der Waals surface area contributed by atoms with Crippen molar-refractivity contribution in [1.29, 1.82) is 0 Å². The topological polar surface area (TPSA) is 85.9 Å². The molecule has 2 aliphatic rings. The molecule has 7 heteroatoms. The van der Waals surface area contributed by atoms with E-state index in [2.05, 4.69) is 22.4 Å². The van der Waals surface area contributed by atoms with Crippen LogP contribution in [0.25, 0.3) is 0 Å². The SMILES string of the molecule is CN/C=C\C(N)=NC(=O)c1cc(Oc2ccc(SC3CCC3)cc2)c2c(c1)OC(C)(C)C2. The molecule has 32 heavy (non-hydrogen) atoms.